The molecule has 1 N–H and O–H groups in total. The fourth-order valence-corrected chi connectivity index (χ4v) is 2.61. The van der Waals surface area contributed by atoms with Crippen LogP contribution in [0, 0.1) is 0 Å². The van der Waals surface area contributed by atoms with E-state index in [2.05, 4.69) is 12.2 Å². The maximum absolute atomic E-state index is 5.96. The summed E-state index contributed by atoms with van der Waals surface area (Å²) in [5.41, 5.74) is 2.08. The van der Waals surface area contributed by atoms with Gasteiger partial charge in [-0.15, -0.1) is 0 Å². The maximum atomic E-state index is 5.96. The van der Waals surface area contributed by atoms with Crippen LogP contribution in [0.2, 0.25) is 5.02 Å². The Morgan fingerprint density at radius 2 is 1.52 bits per heavy atom. The van der Waals surface area contributed by atoms with Gasteiger partial charge in [0.1, 0.15) is 0 Å². The number of nitrogens with one attached hydrogen (secondary N) is 1. The van der Waals surface area contributed by atoms with Gasteiger partial charge >= 0.3 is 0 Å². The minimum Gasteiger partial charge on any atom is -0.493 e. The van der Waals surface area contributed by atoms with E-state index < -0.39 is 0 Å². The molecule has 0 saturated carbocycles. The van der Waals surface area contributed by atoms with Crippen LogP contribution < -0.4 is 19.5 Å². The van der Waals surface area contributed by atoms with E-state index in [-0.39, 0.29) is 6.04 Å². The number of rotatable bonds is 7. The van der Waals surface area contributed by atoms with E-state index in [9.17, 15) is 0 Å². The molecule has 2 rings (SSSR count). The van der Waals surface area contributed by atoms with Crippen LogP contribution in [0.25, 0.3) is 0 Å². The second kappa shape index (κ2) is 7.97. The molecule has 0 radical (unpaired) electrons. The van der Waals surface area contributed by atoms with Gasteiger partial charge in [-0.3, -0.25) is 0 Å². The van der Waals surface area contributed by atoms with Gasteiger partial charge in [-0.25, -0.2) is 0 Å². The van der Waals surface area contributed by atoms with Crippen molar-refractivity contribution in [3.63, 3.8) is 0 Å². The number of hydrogen-bond acceptors (Lipinski definition) is 4. The summed E-state index contributed by atoms with van der Waals surface area (Å²) in [5, 5.41) is 4.24. The third-order valence-electron chi connectivity index (χ3n) is 3.69. The van der Waals surface area contributed by atoms with Crippen LogP contribution in [0.3, 0.4) is 0 Å². The second-order valence-electron chi connectivity index (χ2n) is 5.07. The quantitative estimate of drug-likeness (QED) is 0.778. The monoisotopic (exact) mass is 335 g/mol. The first-order valence-electron chi connectivity index (χ1n) is 7.44. The SMILES string of the molecule is CCC(Nc1cc(OC)c(OC)c(OC)c1)c1ccc(Cl)cc1. The highest BCUT2D eigenvalue weighted by Gasteiger charge is 2.15. The molecule has 124 valence electrons. The zero-order valence-electron chi connectivity index (χ0n) is 13.9. The Balaban J connectivity index is 2.31. The van der Waals surface area contributed by atoms with Crippen LogP contribution in [-0.4, -0.2) is 21.3 Å². The first-order valence-corrected chi connectivity index (χ1v) is 7.82. The van der Waals surface area contributed by atoms with Crippen LogP contribution in [0.1, 0.15) is 24.9 Å². The Kier molecular flexibility index (Phi) is 5.99. The predicted molar refractivity (Wildman–Crippen MR) is 94.2 cm³/mol. The lowest BCUT2D eigenvalue weighted by Crippen LogP contribution is -2.10. The fraction of sp³-hybridized carbons (Fsp3) is 0.333. The van der Waals surface area contributed by atoms with E-state index in [1.807, 2.05) is 36.4 Å². The number of halogens is 1. The molecule has 0 aliphatic rings. The van der Waals surface area contributed by atoms with E-state index in [4.69, 9.17) is 25.8 Å². The van der Waals surface area contributed by atoms with Crippen molar-refractivity contribution in [3.05, 3.63) is 47.0 Å². The van der Waals surface area contributed by atoms with Crippen LogP contribution in [0.15, 0.2) is 36.4 Å². The predicted octanol–water partition coefficient (Wildman–Crippen LogP) is 4.93. The Labute approximate surface area is 142 Å². The Morgan fingerprint density at radius 3 is 1.96 bits per heavy atom. The molecular formula is C18H22ClNO3. The Hall–Kier alpha value is -2.07. The lowest BCUT2D eigenvalue weighted by Gasteiger charge is -2.21. The molecular weight excluding hydrogens is 314 g/mol. The first kappa shape index (κ1) is 17.3. The molecule has 0 aliphatic heterocycles. The smallest absolute Gasteiger partial charge is 0.203 e. The van der Waals surface area contributed by atoms with Gasteiger partial charge in [-0.1, -0.05) is 30.7 Å². The van der Waals surface area contributed by atoms with Crippen molar-refractivity contribution in [2.24, 2.45) is 0 Å². The van der Waals surface area contributed by atoms with E-state index in [1.54, 1.807) is 21.3 Å². The molecule has 0 aromatic heterocycles. The molecule has 0 aliphatic carbocycles. The highest BCUT2D eigenvalue weighted by molar-refractivity contribution is 6.30. The van der Waals surface area contributed by atoms with Crippen LogP contribution in [0.4, 0.5) is 5.69 Å². The van der Waals surface area contributed by atoms with Gasteiger partial charge in [0, 0.05) is 22.8 Å². The third-order valence-corrected chi connectivity index (χ3v) is 3.94. The largest absolute Gasteiger partial charge is 0.493 e. The van der Waals surface area contributed by atoms with E-state index in [0.29, 0.717) is 17.2 Å². The molecule has 5 heteroatoms. The van der Waals surface area contributed by atoms with Crippen LogP contribution in [0.5, 0.6) is 17.2 Å². The summed E-state index contributed by atoms with van der Waals surface area (Å²) >= 11 is 5.96. The van der Waals surface area contributed by atoms with Crippen molar-refractivity contribution in [1.29, 1.82) is 0 Å². The number of benzene rings is 2. The lowest BCUT2D eigenvalue weighted by molar-refractivity contribution is 0.324. The summed E-state index contributed by atoms with van der Waals surface area (Å²) < 4.78 is 16.1. The van der Waals surface area contributed by atoms with Crippen LogP contribution in [-0.2, 0) is 0 Å². The summed E-state index contributed by atoms with van der Waals surface area (Å²) in [5.74, 6) is 1.83. The molecule has 1 unspecified atom stereocenters. The van der Waals surface area contributed by atoms with E-state index >= 15 is 0 Å². The maximum Gasteiger partial charge on any atom is 0.203 e. The van der Waals surface area contributed by atoms with Gasteiger partial charge in [0.25, 0.3) is 0 Å². The van der Waals surface area contributed by atoms with Gasteiger partial charge in [-0.2, -0.15) is 0 Å². The topological polar surface area (TPSA) is 39.7 Å². The van der Waals surface area contributed by atoms with Crippen molar-refractivity contribution in [2.75, 3.05) is 26.6 Å². The Morgan fingerprint density at radius 1 is 0.957 bits per heavy atom. The molecule has 0 heterocycles. The average Bonchev–Trinajstić information content (AvgIpc) is 2.59. The van der Waals surface area contributed by atoms with Crippen molar-refractivity contribution in [1.82, 2.24) is 0 Å². The van der Waals surface area contributed by atoms with E-state index in [0.717, 1.165) is 17.1 Å². The number of anilines is 1. The first-order chi connectivity index (χ1) is 11.1. The van der Waals surface area contributed by atoms with Crippen LogP contribution >= 0.6 is 11.6 Å². The molecule has 2 aromatic carbocycles. The molecule has 4 nitrogen and oxygen atoms in total. The molecule has 1 atom stereocenters. The molecule has 0 bridgehead atoms. The minimum absolute atomic E-state index is 0.162. The summed E-state index contributed by atoms with van der Waals surface area (Å²) in [7, 11) is 4.81. The van der Waals surface area contributed by atoms with Crippen molar-refractivity contribution >= 4 is 17.3 Å². The summed E-state index contributed by atoms with van der Waals surface area (Å²) in [6.07, 6.45) is 0.929. The van der Waals surface area contributed by atoms with Gasteiger partial charge in [0.2, 0.25) is 5.75 Å². The van der Waals surface area contributed by atoms with Gasteiger partial charge in [-0.05, 0) is 24.1 Å². The standard InChI is InChI=1S/C18H22ClNO3/c1-5-15(12-6-8-13(19)9-7-12)20-14-10-16(21-2)18(23-4)17(11-14)22-3/h6-11,15,20H,5H2,1-4H3. The molecule has 0 fully saturated rings. The summed E-state index contributed by atoms with van der Waals surface area (Å²) in [6, 6.07) is 11.8. The molecule has 0 amide bonds. The van der Waals surface area contributed by atoms with Gasteiger partial charge < -0.3 is 19.5 Å². The summed E-state index contributed by atoms with van der Waals surface area (Å²) in [4.78, 5) is 0. The molecule has 0 spiro atoms. The Bertz CT molecular complexity index is 618. The third kappa shape index (κ3) is 4.02. The van der Waals surface area contributed by atoms with Gasteiger partial charge in [0.05, 0.1) is 27.4 Å². The van der Waals surface area contributed by atoms with Gasteiger partial charge in [0.15, 0.2) is 11.5 Å². The normalized spacial score (nSPS) is 11.7. The molecule has 23 heavy (non-hydrogen) atoms. The number of ether oxygens (including phenoxy) is 3. The van der Waals surface area contributed by atoms with Crippen molar-refractivity contribution < 1.29 is 14.2 Å². The minimum atomic E-state index is 0.162. The van der Waals surface area contributed by atoms with Crippen molar-refractivity contribution in [3.8, 4) is 17.2 Å². The van der Waals surface area contributed by atoms with Crippen molar-refractivity contribution in [2.45, 2.75) is 19.4 Å². The number of hydrogen-bond donors (Lipinski definition) is 1. The van der Waals surface area contributed by atoms with E-state index in [1.165, 1.54) is 5.56 Å². The fourth-order valence-electron chi connectivity index (χ4n) is 2.48. The zero-order chi connectivity index (χ0) is 16.8. The summed E-state index contributed by atoms with van der Waals surface area (Å²) in [6.45, 7) is 2.13. The zero-order valence-corrected chi connectivity index (χ0v) is 14.6. The highest BCUT2D eigenvalue weighted by atomic mass is 35.5. The number of methoxy groups -OCH3 is 3. The second-order valence-corrected chi connectivity index (χ2v) is 5.51. The molecule has 2 aromatic rings. The average molecular weight is 336 g/mol. The lowest BCUT2D eigenvalue weighted by atomic mass is 10.0. The molecule has 0 saturated heterocycles. The highest BCUT2D eigenvalue weighted by Crippen LogP contribution is 2.40.